The molecule has 1 aromatic heterocycles. The van der Waals surface area contributed by atoms with Crippen LogP contribution in [0, 0.1) is 0 Å². The third-order valence-electron chi connectivity index (χ3n) is 1.51. The molecule has 0 saturated heterocycles. The van der Waals surface area contributed by atoms with Gasteiger partial charge in [0.1, 0.15) is 0 Å². The predicted octanol–water partition coefficient (Wildman–Crippen LogP) is 2.22. The summed E-state index contributed by atoms with van der Waals surface area (Å²) < 4.78 is 5.89. The van der Waals surface area contributed by atoms with Crippen LogP contribution in [-0.4, -0.2) is 11.0 Å². The van der Waals surface area contributed by atoms with E-state index in [1.54, 1.807) is 0 Å². The van der Waals surface area contributed by atoms with Gasteiger partial charge in [0.05, 0.1) is 10.2 Å². The third kappa shape index (κ3) is 2.38. The minimum atomic E-state index is -0.334. The molecule has 2 rings (SSSR count). The molecule has 5 heteroatoms. The van der Waals surface area contributed by atoms with Gasteiger partial charge in [-0.25, -0.2) is 4.98 Å². The maximum atomic E-state index is 10.6. The van der Waals surface area contributed by atoms with Crippen molar-refractivity contribution < 1.29 is 30.0 Å². The van der Waals surface area contributed by atoms with Gasteiger partial charge in [-0.2, -0.15) is 0 Å². The number of carbonyl (C=O) groups is 1. The molecule has 14 heavy (non-hydrogen) atoms. The van der Waals surface area contributed by atoms with Gasteiger partial charge in [0.2, 0.25) is 0 Å². The standard InChI is InChI=1S/C9H7NO2S.Pd/c1-6(11)12-9-10-7-4-2-3-5-8(7)13-9;/h2-5H,1H3;. The molecule has 0 fully saturated rings. The summed E-state index contributed by atoms with van der Waals surface area (Å²) in [4.78, 5) is 14.8. The largest absolute Gasteiger partial charge is 0.398 e. The van der Waals surface area contributed by atoms with Gasteiger partial charge >= 0.3 is 5.97 Å². The van der Waals surface area contributed by atoms with Crippen molar-refractivity contribution in [3.63, 3.8) is 0 Å². The van der Waals surface area contributed by atoms with Crippen LogP contribution in [0.1, 0.15) is 6.92 Å². The van der Waals surface area contributed by atoms with E-state index in [-0.39, 0.29) is 26.4 Å². The Balaban J connectivity index is 0.000000980. The molecule has 0 amide bonds. The molecule has 0 aliphatic carbocycles. The summed E-state index contributed by atoms with van der Waals surface area (Å²) in [6, 6.07) is 7.66. The zero-order chi connectivity index (χ0) is 9.26. The molecular weight excluding hydrogens is 293 g/mol. The molecule has 0 unspecified atom stereocenters. The zero-order valence-corrected chi connectivity index (χ0v) is 9.67. The third-order valence-corrected chi connectivity index (χ3v) is 2.42. The van der Waals surface area contributed by atoms with E-state index in [0.717, 1.165) is 10.2 Å². The minimum Gasteiger partial charge on any atom is -0.398 e. The average molecular weight is 300 g/mol. The zero-order valence-electron chi connectivity index (χ0n) is 7.30. The van der Waals surface area contributed by atoms with Gasteiger partial charge in [-0.3, -0.25) is 4.79 Å². The molecule has 0 atom stereocenters. The van der Waals surface area contributed by atoms with E-state index in [0.29, 0.717) is 5.19 Å². The van der Waals surface area contributed by atoms with E-state index in [9.17, 15) is 4.79 Å². The van der Waals surface area contributed by atoms with Crippen LogP contribution in [0.5, 0.6) is 5.19 Å². The van der Waals surface area contributed by atoms with Crippen LogP contribution >= 0.6 is 11.3 Å². The summed E-state index contributed by atoms with van der Waals surface area (Å²) >= 11 is 1.37. The van der Waals surface area contributed by atoms with Crippen molar-refractivity contribution in [1.82, 2.24) is 4.98 Å². The second-order valence-electron chi connectivity index (χ2n) is 2.54. The molecule has 0 saturated carbocycles. The summed E-state index contributed by atoms with van der Waals surface area (Å²) in [6.45, 7) is 1.37. The van der Waals surface area contributed by atoms with E-state index < -0.39 is 0 Å². The van der Waals surface area contributed by atoms with Gasteiger partial charge in [-0.15, -0.1) is 0 Å². The number of benzene rings is 1. The molecule has 0 spiro atoms. The molecule has 0 N–H and O–H groups in total. The number of carbonyl (C=O) groups excluding carboxylic acids is 1. The Morgan fingerprint density at radius 2 is 2.14 bits per heavy atom. The molecule has 1 aromatic carbocycles. The Morgan fingerprint density at radius 3 is 2.79 bits per heavy atom. The van der Waals surface area contributed by atoms with Crippen LogP contribution in [0.4, 0.5) is 0 Å². The maximum absolute atomic E-state index is 10.6. The van der Waals surface area contributed by atoms with Gasteiger partial charge < -0.3 is 4.74 Å². The molecule has 1 heterocycles. The van der Waals surface area contributed by atoms with Crippen LogP contribution in [0.25, 0.3) is 10.2 Å². The fourth-order valence-corrected chi connectivity index (χ4v) is 1.87. The Labute approximate surface area is 98.8 Å². The van der Waals surface area contributed by atoms with E-state index in [1.807, 2.05) is 24.3 Å². The van der Waals surface area contributed by atoms with Crippen LogP contribution in [0.2, 0.25) is 0 Å². The van der Waals surface area contributed by atoms with Crippen molar-refractivity contribution in [3.05, 3.63) is 24.3 Å². The first-order valence-electron chi connectivity index (χ1n) is 3.80. The van der Waals surface area contributed by atoms with Crippen LogP contribution < -0.4 is 4.74 Å². The minimum absolute atomic E-state index is 0. The number of esters is 1. The van der Waals surface area contributed by atoms with Crippen molar-refractivity contribution in [2.45, 2.75) is 6.92 Å². The first kappa shape index (κ1) is 11.3. The van der Waals surface area contributed by atoms with Crippen molar-refractivity contribution in [1.29, 1.82) is 0 Å². The summed E-state index contributed by atoms with van der Waals surface area (Å²) in [5.41, 5.74) is 0.865. The topological polar surface area (TPSA) is 39.2 Å². The van der Waals surface area contributed by atoms with Gasteiger partial charge in [-0.05, 0) is 12.1 Å². The van der Waals surface area contributed by atoms with E-state index in [4.69, 9.17) is 4.74 Å². The summed E-state index contributed by atoms with van der Waals surface area (Å²) in [5.74, 6) is -0.334. The molecule has 0 bridgehead atoms. The normalized spacial score (nSPS) is 9.50. The molecule has 0 aliphatic heterocycles. The van der Waals surface area contributed by atoms with Crippen molar-refractivity contribution in [2.75, 3.05) is 0 Å². The van der Waals surface area contributed by atoms with Gasteiger partial charge in [-0.1, -0.05) is 23.5 Å². The van der Waals surface area contributed by atoms with E-state index in [2.05, 4.69) is 4.98 Å². The van der Waals surface area contributed by atoms with Gasteiger partial charge in [0, 0.05) is 27.3 Å². The average Bonchev–Trinajstić information content (AvgIpc) is 2.44. The Kier molecular flexibility index (Phi) is 3.76. The number of aromatic nitrogens is 1. The number of hydrogen-bond acceptors (Lipinski definition) is 4. The Hall–Kier alpha value is -0.758. The Morgan fingerprint density at radius 1 is 1.43 bits per heavy atom. The molecule has 0 aliphatic rings. The maximum Gasteiger partial charge on any atom is 0.309 e. The molecule has 2 aromatic rings. The fraction of sp³-hybridized carbons (Fsp3) is 0.111. The molecule has 0 radical (unpaired) electrons. The number of rotatable bonds is 1. The van der Waals surface area contributed by atoms with Crippen LogP contribution in [0.15, 0.2) is 24.3 Å². The van der Waals surface area contributed by atoms with Crippen molar-refractivity contribution in [3.8, 4) is 5.19 Å². The second kappa shape index (κ2) is 4.65. The second-order valence-corrected chi connectivity index (χ2v) is 3.53. The Bertz CT molecular complexity index is 422. The summed E-state index contributed by atoms with van der Waals surface area (Å²) in [7, 11) is 0. The molecule has 3 nitrogen and oxygen atoms in total. The summed E-state index contributed by atoms with van der Waals surface area (Å²) in [6.07, 6.45) is 0. The quantitative estimate of drug-likeness (QED) is 0.599. The summed E-state index contributed by atoms with van der Waals surface area (Å²) in [5, 5.41) is 0.411. The van der Waals surface area contributed by atoms with E-state index in [1.165, 1.54) is 18.3 Å². The number of thiazole rings is 1. The molecular formula is C9H7NO2PdS. The number of para-hydroxylation sites is 1. The van der Waals surface area contributed by atoms with Crippen molar-refractivity contribution in [2.24, 2.45) is 0 Å². The predicted molar refractivity (Wildman–Crippen MR) is 50.9 cm³/mol. The number of hydrogen-bond donors (Lipinski definition) is 0. The van der Waals surface area contributed by atoms with Crippen molar-refractivity contribution >= 4 is 27.5 Å². The first-order chi connectivity index (χ1) is 6.25. The van der Waals surface area contributed by atoms with Gasteiger partial charge in [0.25, 0.3) is 5.19 Å². The van der Waals surface area contributed by atoms with Crippen LogP contribution in [0.3, 0.4) is 0 Å². The number of fused-ring (bicyclic) bond motifs is 1. The number of nitrogens with zero attached hydrogens (tertiary/aromatic N) is 1. The fourth-order valence-electron chi connectivity index (χ4n) is 1.02. The van der Waals surface area contributed by atoms with E-state index >= 15 is 0 Å². The monoisotopic (exact) mass is 299 g/mol. The smallest absolute Gasteiger partial charge is 0.309 e. The molecule has 76 valence electrons. The van der Waals surface area contributed by atoms with Crippen LogP contribution in [-0.2, 0) is 25.2 Å². The SMILES string of the molecule is CC(=O)Oc1nc2ccccc2s1.[Pd]. The number of ether oxygens (including phenoxy) is 1. The van der Waals surface area contributed by atoms with Gasteiger partial charge in [0.15, 0.2) is 0 Å². The first-order valence-corrected chi connectivity index (χ1v) is 4.61.